The molecule has 3 nitrogen and oxygen atoms in total. The van der Waals surface area contributed by atoms with Crippen molar-refractivity contribution in [3.8, 4) is 6.07 Å². The zero-order valence-corrected chi connectivity index (χ0v) is 11.1. The number of nitrogens with one attached hydrogen (secondary N) is 1. The predicted octanol–water partition coefficient (Wildman–Crippen LogP) is 4.33. The summed E-state index contributed by atoms with van der Waals surface area (Å²) in [4.78, 5) is 0. The summed E-state index contributed by atoms with van der Waals surface area (Å²) in [5, 5.41) is 12.1. The van der Waals surface area contributed by atoms with Crippen molar-refractivity contribution in [3.63, 3.8) is 0 Å². The van der Waals surface area contributed by atoms with Crippen molar-refractivity contribution in [1.29, 1.82) is 5.26 Å². The Kier molecular flexibility index (Phi) is 3.79. The lowest BCUT2D eigenvalue weighted by Crippen LogP contribution is -1.98. The lowest BCUT2D eigenvalue weighted by atomic mass is 10.2. The van der Waals surface area contributed by atoms with Crippen LogP contribution in [-0.2, 0) is 0 Å². The molecule has 0 aliphatic rings. The minimum absolute atomic E-state index is 0.0516. The molecular formula is C13H8Cl2FN3. The second-order valence-corrected chi connectivity index (χ2v) is 4.60. The van der Waals surface area contributed by atoms with E-state index >= 15 is 0 Å². The van der Waals surface area contributed by atoms with Gasteiger partial charge in [0.25, 0.3) is 0 Å². The molecule has 2 rings (SSSR count). The highest BCUT2D eigenvalue weighted by Crippen LogP contribution is 2.32. The summed E-state index contributed by atoms with van der Waals surface area (Å²) in [7, 11) is 0. The molecule has 0 saturated carbocycles. The van der Waals surface area contributed by atoms with Crippen LogP contribution >= 0.6 is 23.2 Å². The molecule has 0 atom stereocenters. The van der Waals surface area contributed by atoms with Crippen LogP contribution in [0.2, 0.25) is 10.0 Å². The fourth-order valence-electron chi connectivity index (χ4n) is 1.51. The number of nitriles is 1. The Labute approximate surface area is 119 Å². The molecule has 0 spiro atoms. The molecule has 0 saturated heterocycles. The van der Waals surface area contributed by atoms with Gasteiger partial charge in [-0.15, -0.1) is 0 Å². The van der Waals surface area contributed by atoms with Crippen molar-refractivity contribution in [2.75, 3.05) is 11.1 Å². The number of benzene rings is 2. The number of hydrogen-bond acceptors (Lipinski definition) is 3. The number of rotatable bonds is 2. The maximum absolute atomic E-state index is 13.2. The van der Waals surface area contributed by atoms with E-state index in [9.17, 15) is 4.39 Å². The molecule has 3 N–H and O–H groups in total. The minimum Gasteiger partial charge on any atom is -0.397 e. The van der Waals surface area contributed by atoms with Crippen molar-refractivity contribution in [2.45, 2.75) is 0 Å². The lowest BCUT2D eigenvalue weighted by Gasteiger charge is -2.12. The molecule has 0 aromatic heterocycles. The van der Waals surface area contributed by atoms with Crippen molar-refractivity contribution in [1.82, 2.24) is 0 Å². The van der Waals surface area contributed by atoms with Crippen LogP contribution in [0.25, 0.3) is 0 Å². The van der Waals surface area contributed by atoms with E-state index in [1.165, 1.54) is 6.07 Å². The number of nitrogen functional groups attached to an aromatic ring is 1. The summed E-state index contributed by atoms with van der Waals surface area (Å²) in [6.07, 6.45) is 0. The zero-order chi connectivity index (χ0) is 14.0. The van der Waals surface area contributed by atoms with E-state index in [2.05, 4.69) is 5.32 Å². The number of anilines is 3. The molecular weight excluding hydrogens is 288 g/mol. The van der Waals surface area contributed by atoms with Crippen molar-refractivity contribution >= 4 is 40.3 Å². The fraction of sp³-hybridized carbons (Fsp3) is 0. The normalized spacial score (nSPS) is 10.0. The Morgan fingerprint density at radius 1 is 1.11 bits per heavy atom. The van der Waals surface area contributed by atoms with Gasteiger partial charge in [0.2, 0.25) is 0 Å². The third kappa shape index (κ3) is 2.90. The molecule has 96 valence electrons. The van der Waals surface area contributed by atoms with Crippen LogP contribution in [0.4, 0.5) is 21.5 Å². The standard InChI is InChI=1S/C13H8Cl2FN3/c14-8-2-1-7(6-17)3-12(8)19-13-4-9(15)10(16)5-11(13)18/h1-5,19H,18H2. The number of halogens is 3. The van der Waals surface area contributed by atoms with Crippen molar-refractivity contribution in [3.05, 3.63) is 51.8 Å². The van der Waals surface area contributed by atoms with Gasteiger partial charge in [0.05, 0.1) is 38.7 Å². The molecule has 0 amide bonds. The fourth-order valence-corrected chi connectivity index (χ4v) is 1.83. The van der Waals surface area contributed by atoms with Crippen LogP contribution in [0.1, 0.15) is 5.56 Å². The molecule has 0 aliphatic carbocycles. The molecule has 0 unspecified atom stereocenters. The van der Waals surface area contributed by atoms with Crippen LogP contribution in [0.3, 0.4) is 0 Å². The van der Waals surface area contributed by atoms with E-state index in [0.717, 1.165) is 6.07 Å². The third-order valence-corrected chi connectivity index (χ3v) is 3.08. The second-order valence-electron chi connectivity index (χ2n) is 3.78. The first-order chi connectivity index (χ1) is 9.01. The molecule has 0 bridgehead atoms. The Balaban J connectivity index is 2.42. The maximum Gasteiger partial charge on any atom is 0.143 e. The molecule has 2 aromatic carbocycles. The lowest BCUT2D eigenvalue weighted by molar-refractivity contribution is 0.629. The average molecular weight is 296 g/mol. The van der Waals surface area contributed by atoms with E-state index in [-0.39, 0.29) is 10.7 Å². The zero-order valence-electron chi connectivity index (χ0n) is 9.55. The van der Waals surface area contributed by atoms with E-state index in [4.69, 9.17) is 34.2 Å². The van der Waals surface area contributed by atoms with Gasteiger partial charge in [0.1, 0.15) is 5.82 Å². The van der Waals surface area contributed by atoms with E-state index in [1.54, 1.807) is 18.2 Å². The van der Waals surface area contributed by atoms with Gasteiger partial charge in [0, 0.05) is 6.07 Å². The van der Waals surface area contributed by atoms with Crippen LogP contribution < -0.4 is 11.1 Å². The van der Waals surface area contributed by atoms with Crippen LogP contribution in [0, 0.1) is 17.1 Å². The highest BCUT2D eigenvalue weighted by molar-refractivity contribution is 6.33. The molecule has 0 radical (unpaired) electrons. The van der Waals surface area contributed by atoms with E-state index in [0.29, 0.717) is 22.0 Å². The van der Waals surface area contributed by atoms with Gasteiger partial charge >= 0.3 is 0 Å². The minimum atomic E-state index is -0.596. The Morgan fingerprint density at radius 2 is 1.84 bits per heavy atom. The SMILES string of the molecule is N#Cc1ccc(Cl)c(Nc2cc(Cl)c(F)cc2N)c1. The summed E-state index contributed by atoms with van der Waals surface area (Å²) in [5.74, 6) is -0.596. The summed E-state index contributed by atoms with van der Waals surface area (Å²) < 4.78 is 13.2. The molecule has 0 heterocycles. The Morgan fingerprint density at radius 3 is 2.53 bits per heavy atom. The first-order valence-electron chi connectivity index (χ1n) is 5.22. The monoisotopic (exact) mass is 295 g/mol. The van der Waals surface area contributed by atoms with Crippen LogP contribution in [0.15, 0.2) is 30.3 Å². The van der Waals surface area contributed by atoms with Crippen LogP contribution in [0.5, 0.6) is 0 Å². The maximum atomic E-state index is 13.2. The molecule has 6 heteroatoms. The molecule has 0 fully saturated rings. The van der Waals surface area contributed by atoms with Crippen molar-refractivity contribution < 1.29 is 4.39 Å². The summed E-state index contributed by atoms with van der Waals surface area (Å²) in [5.41, 5.74) is 7.24. The molecule has 2 aromatic rings. The Hall–Kier alpha value is -1.96. The van der Waals surface area contributed by atoms with E-state index in [1.807, 2.05) is 6.07 Å². The third-order valence-electron chi connectivity index (χ3n) is 2.46. The first kappa shape index (κ1) is 13.5. The van der Waals surface area contributed by atoms with E-state index < -0.39 is 5.82 Å². The number of nitrogens with two attached hydrogens (primary N) is 1. The summed E-state index contributed by atoms with van der Waals surface area (Å²) in [6, 6.07) is 9.23. The van der Waals surface area contributed by atoms with Gasteiger partial charge in [-0.25, -0.2) is 4.39 Å². The van der Waals surface area contributed by atoms with Gasteiger partial charge in [-0.05, 0) is 24.3 Å². The highest BCUT2D eigenvalue weighted by Gasteiger charge is 2.09. The van der Waals surface area contributed by atoms with Crippen LogP contribution in [-0.4, -0.2) is 0 Å². The topological polar surface area (TPSA) is 61.8 Å². The highest BCUT2D eigenvalue weighted by atomic mass is 35.5. The largest absolute Gasteiger partial charge is 0.397 e. The van der Waals surface area contributed by atoms with Gasteiger partial charge in [-0.1, -0.05) is 23.2 Å². The number of nitrogens with zero attached hydrogens (tertiary/aromatic N) is 1. The van der Waals surface area contributed by atoms with Gasteiger partial charge < -0.3 is 11.1 Å². The Bertz CT molecular complexity index is 680. The molecule has 19 heavy (non-hydrogen) atoms. The smallest absolute Gasteiger partial charge is 0.143 e. The van der Waals surface area contributed by atoms with Gasteiger partial charge in [-0.2, -0.15) is 5.26 Å². The second kappa shape index (κ2) is 5.35. The summed E-state index contributed by atoms with van der Waals surface area (Å²) in [6.45, 7) is 0. The first-order valence-corrected chi connectivity index (χ1v) is 5.98. The number of hydrogen-bond donors (Lipinski definition) is 2. The van der Waals surface area contributed by atoms with Gasteiger partial charge in [0.15, 0.2) is 0 Å². The molecule has 0 aliphatic heterocycles. The quantitative estimate of drug-likeness (QED) is 0.811. The van der Waals surface area contributed by atoms with Gasteiger partial charge in [-0.3, -0.25) is 0 Å². The summed E-state index contributed by atoms with van der Waals surface area (Å²) >= 11 is 11.7. The van der Waals surface area contributed by atoms with Crippen molar-refractivity contribution in [2.24, 2.45) is 0 Å². The average Bonchev–Trinajstić information content (AvgIpc) is 2.38. The predicted molar refractivity (Wildman–Crippen MR) is 75.3 cm³/mol.